The number of carbonyl (C=O) groups is 2. The van der Waals surface area contributed by atoms with Crippen molar-refractivity contribution < 1.29 is 33.3 Å². The van der Waals surface area contributed by atoms with Crippen LogP contribution >= 0.6 is 15.9 Å². The highest BCUT2D eigenvalue weighted by molar-refractivity contribution is 9.10. The van der Waals surface area contributed by atoms with Gasteiger partial charge < -0.3 is 23.7 Å². The van der Waals surface area contributed by atoms with Crippen molar-refractivity contribution in [2.75, 3.05) is 35.0 Å². The highest BCUT2D eigenvalue weighted by Gasteiger charge is 2.45. The number of ether oxygens (including phenoxy) is 5. The van der Waals surface area contributed by atoms with Gasteiger partial charge in [0.2, 0.25) is 0 Å². The molecule has 1 unspecified atom stereocenters. The number of benzene rings is 2. The SMILES string of the molecule is CCCCOC(=O)C1C(C)=NC2=C(C(=O)C[C@@H](c3ccc(OC)c(OC)c3)C2)[C@H]1c1cc(Br)c(OC)c(OC)c1. The van der Waals surface area contributed by atoms with E-state index < -0.39 is 11.8 Å². The van der Waals surface area contributed by atoms with E-state index in [1.807, 2.05) is 44.2 Å². The summed E-state index contributed by atoms with van der Waals surface area (Å²) in [6.45, 7) is 4.20. The Morgan fingerprint density at radius 2 is 1.65 bits per heavy atom. The molecule has 0 N–H and O–H groups in total. The van der Waals surface area contributed by atoms with Crippen LogP contribution in [0.25, 0.3) is 0 Å². The Bertz CT molecular complexity index is 1350. The van der Waals surface area contributed by atoms with Gasteiger partial charge in [0.15, 0.2) is 28.8 Å². The molecule has 40 heavy (non-hydrogen) atoms. The smallest absolute Gasteiger partial charge is 0.315 e. The zero-order valence-electron chi connectivity index (χ0n) is 23.8. The molecule has 0 bridgehead atoms. The molecular formula is C31H36BrNO7. The van der Waals surface area contributed by atoms with Crippen LogP contribution in [0.5, 0.6) is 23.0 Å². The Morgan fingerprint density at radius 3 is 2.30 bits per heavy atom. The molecule has 1 aliphatic heterocycles. The lowest BCUT2D eigenvalue weighted by atomic mass is 9.69. The van der Waals surface area contributed by atoms with E-state index in [1.54, 1.807) is 28.4 Å². The summed E-state index contributed by atoms with van der Waals surface area (Å²) < 4.78 is 28.3. The first-order chi connectivity index (χ1) is 19.3. The normalized spacial score (nSPS) is 20.4. The van der Waals surface area contributed by atoms with Crippen LogP contribution in [0.3, 0.4) is 0 Å². The molecule has 0 saturated heterocycles. The van der Waals surface area contributed by atoms with Gasteiger partial charge >= 0.3 is 5.97 Å². The van der Waals surface area contributed by atoms with Gasteiger partial charge in [0.05, 0.1) is 39.5 Å². The van der Waals surface area contributed by atoms with Gasteiger partial charge in [-0.1, -0.05) is 19.4 Å². The summed E-state index contributed by atoms with van der Waals surface area (Å²) in [7, 11) is 6.30. The first-order valence-corrected chi connectivity index (χ1v) is 14.2. The molecule has 0 fully saturated rings. The van der Waals surface area contributed by atoms with Gasteiger partial charge in [0, 0.05) is 29.3 Å². The average Bonchev–Trinajstić information content (AvgIpc) is 2.95. The molecule has 0 spiro atoms. The van der Waals surface area contributed by atoms with Gasteiger partial charge in [-0.15, -0.1) is 0 Å². The zero-order valence-corrected chi connectivity index (χ0v) is 25.4. The van der Waals surface area contributed by atoms with Crippen molar-refractivity contribution in [2.45, 2.75) is 51.4 Å². The molecule has 4 rings (SSSR count). The van der Waals surface area contributed by atoms with Gasteiger partial charge in [-0.25, -0.2) is 0 Å². The van der Waals surface area contributed by atoms with E-state index in [0.29, 0.717) is 57.5 Å². The van der Waals surface area contributed by atoms with Crippen LogP contribution in [0.15, 0.2) is 51.1 Å². The van der Waals surface area contributed by atoms with Crippen molar-refractivity contribution in [3.8, 4) is 23.0 Å². The molecule has 2 aromatic carbocycles. The molecule has 9 heteroatoms. The quantitative estimate of drug-likeness (QED) is 0.226. The van der Waals surface area contributed by atoms with Crippen molar-refractivity contribution in [1.82, 2.24) is 0 Å². The van der Waals surface area contributed by atoms with E-state index >= 15 is 0 Å². The number of esters is 1. The Balaban J connectivity index is 1.81. The highest BCUT2D eigenvalue weighted by Crippen LogP contribution is 2.49. The van der Waals surface area contributed by atoms with Crippen molar-refractivity contribution in [1.29, 1.82) is 0 Å². The number of nitrogens with zero attached hydrogens (tertiary/aromatic N) is 1. The first-order valence-electron chi connectivity index (χ1n) is 13.4. The number of rotatable bonds is 10. The Labute approximate surface area is 243 Å². The van der Waals surface area contributed by atoms with Crippen LogP contribution in [-0.4, -0.2) is 52.5 Å². The Hall–Kier alpha value is -3.33. The lowest BCUT2D eigenvalue weighted by Gasteiger charge is -2.37. The number of hydrogen-bond acceptors (Lipinski definition) is 8. The van der Waals surface area contributed by atoms with E-state index in [2.05, 4.69) is 15.9 Å². The van der Waals surface area contributed by atoms with E-state index in [9.17, 15) is 9.59 Å². The summed E-state index contributed by atoms with van der Waals surface area (Å²) in [6.07, 6.45) is 2.51. The second-order valence-electron chi connectivity index (χ2n) is 9.97. The average molecular weight is 615 g/mol. The fourth-order valence-electron chi connectivity index (χ4n) is 5.59. The van der Waals surface area contributed by atoms with Crippen LogP contribution in [0.4, 0.5) is 0 Å². The molecule has 214 valence electrons. The topological polar surface area (TPSA) is 92.7 Å². The summed E-state index contributed by atoms with van der Waals surface area (Å²) in [4.78, 5) is 32.3. The van der Waals surface area contributed by atoms with Gasteiger partial charge in [0.1, 0.15) is 5.92 Å². The molecule has 2 aliphatic rings. The lowest BCUT2D eigenvalue weighted by Crippen LogP contribution is -2.38. The number of unbranched alkanes of at least 4 members (excludes halogenated alkanes) is 1. The van der Waals surface area contributed by atoms with Crippen molar-refractivity contribution in [3.05, 3.63) is 57.2 Å². The summed E-state index contributed by atoms with van der Waals surface area (Å²) >= 11 is 3.58. The van der Waals surface area contributed by atoms with E-state index in [1.165, 1.54) is 0 Å². The van der Waals surface area contributed by atoms with Crippen LogP contribution in [0, 0.1) is 5.92 Å². The van der Waals surface area contributed by atoms with E-state index in [-0.39, 0.29) is 24.1 Å². The van der Waals surface area contributed by atoms with Crippen LogP contribution in [-0.2, 0) is 14.3 Å². The lowest BCUT2D eigenvalue weighted by molar-refractivity contribution is -0.146. The summed E-state index contributed by atoms with van der Waals surface area (Å²) in [5, 5.41) is 0. The van der Waals surface area contributed by atoms with Crippen molar-refractivity contribution in [3.63, 3.8) is 0 Å². The van der Waals surface area contributed by atoms with Gasteiger partial charge in [-0.05, 0) is 77.0 Å². The molecule has 0 saturated carbocycles. The maximum absolute atomic E-state index is 14.0. The molecule has 3 atom stereocenters. The fraction of sp³-hybridized carbons (Fsp3) is 0.452. The molecule has 0 aromatic heterocycles. The number of methoxy groups -OCH3 is 4. The summed E-state index contributed by atoms with van der Waals surface area (Å²) in [5.41, 5.74) is 3.59. The zero-order chi connectivity index (χ0) is 29.0. The third kappa shape index (κ3) is 5.75. The maximum Gasteiger partial charge on any atom is 0.315 e. The van der Waals surface area contributed by atoms with Gasteiger partial charge in [-0.2, -0.15) is 0 Å². The number of ketones is 1. The molecular weight excluding hydrogens is 578 g/mol. The molecule has 1 aliphatic carbocycles. The summed E-state index contributed by atoms with van der Waals surface area (Å²) in [6, 6.07) is 9.44. The number of halogens is 1. The monoisotopic (exact) mass is 613 g/mol. The standard InChI is InChI=1S/C31H36BrNO7/c1-7-8-11-40-31(35)27-17(2)33-22-13-19(18-9-10-24(36-3)25(15-18)37-4)14-23(34)29(22)28(27)20-12-21(32)30(39-6)26(16-20)38-5/h9-10,12,15-16,19,27-28H,7-8,11,13-14H2,1-6H3/t19-,27?,28-/m0/s1. The second kappa shape index (κ2) is 12.9. The van der Waals surface area contributed by atoms with E-state index in [0.717, 1.165) is 24.0 Å². The largest absolute Gasteiger partial charge is 0.493 e. The van der Waals surface area contributed by atoms with Crippen LogP contribution < -0.4 is 18.9 Å². The molecule has 0 amide bonds. The van der Waals surface area contributed by atoms with Gasteiger partial charge in [-0.3, -0.25) is 14.6 Å². The number of aliphatic imine (C=N–C) groups is 1. The molecule has 0 radical (unpaired) electrons. The van der Waals surface area contributed by atoms with Crippen molar-refractivity contribution in [2.24, 2.45) is 10.9 Å². The molecule has 8 nitrogen and oxygen atoms in total. The Kier molecular flexibility index (Phi) is 9.56. The third-order valence-electron chi connectivity index (χ3n) is 7.58. The fourth-order valence-corrected chi connectivity index (χ4v) is 6.21. The number of allylic oxidation sites excluding steroid dienone is 2. The number of hydrogen-bond donors (Lipinski definition) is 0. The first kappa shape index (κ1) is 29.6. The minimum Gasteiger partial charge on any atom is -0.493 e. The highest BCUT2D eigenvalue weighted by atomic mass is 79.9. The molecule has 1 heterocycles. The number of carbonyl (C=O) groups excluding carboxylic acids is 2. The number of Topliss-reactive ketones (excluding diaryl/α,β-unsaturated/α-hetero) is 1. The van der Waals surface area contributed by atoms with E-state index in [4.69, 9.17) is 28.7 Å². The van der Waals surface area contributed by atoms with Crippen molar-refractivity contribution >= 4 is 33.4 Å². The molecule has 2 aromatic rings. The van der Waals surface area contributed by atoms with Gasteiger partial charge in [0.25, 0.3) is 0 Å². The predicted molar refractivity (Wildman–Crippen MR) is 156 cm³/mol. The maximum atomic E-state index is 14.0. The Morgan fingerprint density at radius 1 is 0.950 bits per heavy atom. The minimum atomic E-state index is -0.734. The predicted octanol–water partition coefficient (Wildman–Crippen LogP) is 6.40. The second-order valence-corrected chi connectivity index (χ2v) is 10.8. The van der Waals surface area contributed by atoms with Crippen LogP contribution in [0.2, 0.25) is 0 Å². The minimum absolute atomic E-state index is 0.0421. The summed E-state index contributed by atoms with van der Waals surface area (Å²) in [5.74, 6) is 0.451. The third-order valence-corrected chi connectivity index (χ3v) is 8.17. The van der Waals surface area contributed by atoms with Crippen LogP contribution in [0.1, 0.15) is 62.5 Å².